The van der Waals surface area contributed by atoms with E-state index in [2.05, 4.69) is 21.0 Å². The third kappa shape index (κ3) is 3.03. The number of benzene rings is 1. The predicted molar refractivity (Wildman–Crippen MR) is 98.3 cm³/mol. The summed E-state index contributed by atoms with van der Waals surface area (Å²) in [6.45, 7) is 1.16. The van der Waals surface area contributed by atoms with Gasteiger partial charge < -0.3 is 18.8 Å². The van der Waals surface area contributed by atoms with E-state index in [1.165, 1.54) is 19.3 Å². The van der Waals surface area contributed by atoms with Crippen LogP contribution in [0.1, 0.15) is 42.5 Å². The lowest BCUT2D eigenvalue weighted by Crippen LogP contribution is -2.22. The highest BCUT2D eigenvalue weighted by Gasteiger charge is 2.29. The van der Waals surface area contributed by atoms with E-state index in [4.69, 9.17) is 14.2 Å². The average Bonchev–Trinajstić information content (AvgIpc) is 3.31. The van der Waals surface area contributed by atoms with Crippen LogP contribution in [-0.2, 0) is 6.54 Å². The van der Waals surface area contributed by atoms with E-state index in [0.717, 1.165) is 11.1 Å². The van der Waals surface area contributed by atoms with Crippen LogP contribution >= 0.6 is 0 Å². The van der Waals surface area contributed by atoms with Gasteiger partial charge in [0.05, 0.1) is 25.7 Å². The topological polar surface area (TPSA) is 63.3 Å². The summed E-state index contributed by atoms with van der Waals surface area (Å²) in [4.78, 5) is 4.08. The lowest BCUT2D eigenvalue weighted by molar-refractivity contribution is 0.0868. The summed E-state index contributed by atoms with van der Waals surface area (Å²) in [5.41, 5.74) is 2.11. The molecule has 7 heteroatoms. The van der Waals surface area contributed by atoms with E-state index < -0.39 is 0 Å². The van der Waals surface area contributed by atoms with Gasteiger partial charge in [-0.05, 0) is 37.0 Å². The molecule has 2 aliphatic rings. The van der Waals surface area contributed by atoms with Gasteiger partial charge in [0, 0.05) is 30.7 Å². The van der Waals surface area contributed by atoms with Crippen LogP contribution in [0, 0.1) is 0 Å². The third-order valence-electron chi connectivity index (χ3n) is 5.32. The molecule has 0 N–H and O–H groups in total. The van der Waals surface area contributed by atoms with Crippen LogP contribution < -0.4 is 14.2 Å². The maximum absolute atomic E-state index is 6.25. The quantitative estimate of drug-likeness (QED) is 0.693. The maximum atomic E-state index is 6.25. The predicted octanol–water partition coefficient (Wildman–Crippen LogP) is 3.37. The Hall–Kier alpha value is -2.96. The summed E-state index contributed by atoms with van der Waals surface area (Å²) < 4.78 is 21.9. The number of methoxy groups -OCH3 is 1. The molecule has 1 aliphatic carbocycles. The molecule has 1 aromatic carbocycles. The van der Waals surface area contributed by atoms with Gasteiger partial charge in [0.2, 0.25) is 5.75 Å². The highest BCUT2D eigenvalue weighted by Crippen LogP contribution is 2.44. The Kier molecular flexibility index (Phi) is 3.99. The van der Waals surface area contributed by atoms with E-state index >= 15 is 0 Å². The molecular formula is C20H22N4O3. The fraction of sp³-hybridized carbons (Fsp3) is 0.400. The van der Waals surface area contributed by atoms with Gasteiger partial charge in [0.25, 0.3) is 0 Å². The molecule has 1 saturated carbocycles. The number of aromatic nitrogens is 4. The van der Waals surface area contributed by atoms with Gasteiger partial charge in [-0.1, -0.05) is 0 Å². The molecule has 0 saturated heterocycles. The zero-order valence-electron chi connectivity index (χ0n) is 15.2. The van der Waals surface area contributed by atoms with Crippen molar-refractivity contribution in [2.24, 2.45) is 0 Å². The van der Waals surface area contributed by atoms with Crippen molar-refractivity contribution >= 4 is 0 Å². The lowest BCUT2D eigenvalue weighted by Gasteiger charge is -2.28. The van der Waals surface area contributed by atoms with Gasteiger partial charge in [-0.2, -0.15) is 5.10 Å². The molecule has 140 valence electrons. The molecule has 0 radical (unpaired) electrons. The molecule has 27 heavy (non-hydrogen) atoms. The standard InChI is InChI=1S/C20H22N4O3/c1-25-17-7-14(10-23-6-5-21-13-23)8-18-20(17)27-19(12-26-18)15-9-22-24(11-15)16-3-2-4-16/h5-9,11,13,16,19H,2-4,10,12H2,1H3. The second kappa shape index (κ2) is 6.64. The summed E-state index contributed by atoms with van der Waals surface area (Å²) in [5.74, 6) is 2.05. The fourth-order valence-electron chi connectivity index (χ4n) is 3.56. The zero-order valence-corrected chi connectivity index (χ0v) is 15.2. The number of fused-ring (bicyclic) bond motifs is 1. The van der Waals surface area contributed by atoms with Crippen LogP contribution in [0.25, 0.3) is 0 Å². The Balaban J connectivity index is 1.38. The number of hydrogen-bond donors (Lipinski definition) is 0. The first-order chi connectivity index (χ1) is 13.3. The van der Waals surface area contributed by atoms with E-state index in [9.17, 15) is 0 Å². The molecule has 3 aromatic rings. The van der Waals surface area contributed by atoms with Crippen LogP contribution in [0.5, 0.6) is 17.2 Å². The normalized spacial score (nSPS) is 18.9. The molecule has 1 aliphatic heterocycles. The zero-order chi connectivity index (χ0) is 18.2. The van der Waals surface area contributed by atoms with Crippen molar-refractivity contribution in [3.8, 4) is 17.2 Å². The van der Waals surface area contributed by atoms with E-state index in [1.807, 2.05) is 29.1 Å². The number of imidazole rings is 1. The molecule has 0 spiro atoms. The molecule has 1 fully saturated rings. The molecule has 1 unspecified atom stereocenters. The summed E-state index contributed by atoms with van der Waals surface area (Å²) >= 11 is 0. The van der Waals surface area contributed by atoms with Crippen molar-refractivity contribution in [1.29, 1.82) is 0 Å². The highest BCUT2D eigenvalue weighted by molar-refractivity contribution is 5.55. The monoisotopic (exact) mass is 366 g/mol. The SMILES string of the molecule is COc1cc(Cn2ccnc2)cc2c1OC(c1cnn(C3CCC3)c1)CO2. The number of nitrogens with zero attached hydrogens (tertiary/aromatic N) is 4. The number of hydrogen-bond acceptors (Lipinski definition) is 5. The van der Waals surface area contributed by atoms with Gasteiger partial charge in [-0.3, -0.25) is 4.68 Å². The van der Waals surface area contributed by atoms with Crippen molar-refractivity contribution in [3.63, 3.8) is 0 Å². The van der Waals surface area contributed by atoms with Crippen LogP contribution in [0.4, 0.5) is 0 Å². The summed E-state index contributed by atoms with van der Waals surface area (Å²) in [7, 11) is 1.65. The lowest BCUT2D eigenvalue weighted by atomic mass is 9.93. The molecule has 3 heterocycles. The highest BCUT2D eigenvalue weighted by atomic mass is 16.6. The molecule has 5 rings (SSSR count). The minimum absolute atomic E-state index is 0.181. The van der Waals surface area contributed by atoms with Crippen molar-refractivity contribution in [3.05, 3.63) is 54.4 Å². The van der Waals surface area contributed by atoms with Gasteiger partial charge in [0.1, 0.15) is 6.61 Å². The second-order valence-corrected chi connectivity index (χ2v) is 7.12. The Morgan fingerprint density at radius 3 is 2.96 bits per heavy atom. The Bertz CT molecular complexity index is 914. The van der Waals surface area contributed by atoms with Crippen molar-refractivity contribution < 1.29 is 14.2 Å². The molecular weight excluding hydrogens is 344 g/mol. The average molecular weight is 366 g/mol. The second-order valence-electron chi connectivity index (χ2n) is 7.12. The Morgan fingerprint density at radius 1 is 1.30 bits per heavy atom. The first kappa shape index (κ1) is 16.2. The Morgan fingerprint density at radius 2 is 2.22 bits per heavy atom. The van der Waals surface area contributed by atoms with Crippen LogP contribution in [0.3, 0.4) is 0 Å². The number of rotatable bonds is 5. The van der Waals surface area contributed by atoms with Gasteiger partial charge in [0.15, 0.2) is 17.6 Å². The molecule has 1 atom stereocenters. The van der Waals surface area contributed by atoms with Crippen LogP contribution in [-0.4, -0.2) is 33.0 Å². The molecule has 0 amide bonds. The van der Waals surface area contributed by atoms with Crippen molar-refractivity contribution in [2.75, 3.05) is 13.7 Å². The van der Waals surface area contributed by atoms with E-state index in [1.54, 1.807) is 19.6 Å². The van der Waals surface area contributed by atoms with Gasteiger partial charge in [-0.15, -0.1) is 0 Å². The number of ether oxygens (including phenoxy) is 3. The summed E-state index contributed by atoms with van der Waals surface area (Å²) in [5, 5.41) is 4.51. The minimum Gasteiger partial charge on any atom is -0.493 e. The van der Waals surface area contributed by atoms with Crippen molar-refractivity contribution in [2.45, 2.75) is 38.0 Å². The fourth-order valence-corrected chi connectivity index (χ4v) is 3.56. The van der Waals surface area contributed by atoms with Crippen LogP contribution in [0.2, 0.25) is 0 Å². The Labute approximate surface area is 157 Å². The van der Waals surface area contributed by atoms with Crippen molar-refractivity contribution in [1.82, 2.24) is 19.3 Å². The largest absolute Gasteiger partial charge is 0.493 e. The van der Waals surface area contributed by atoms with E-state index in [0.29, 0.717) is 36.4 Å². The minimum atomic E-state index is -0.181. The maximum Gasteiger partial charge on any atom is 0.204 e. The first-order valence-electron chi connectivity index (χ1n) is 9.30. The molecule has 7 nitrogen and oxygen atoms in total. The van der Waals surface area contributed by atoms with E-state index in [-0.39, 0.29) is 6.10 Å². The molecule has 0 bridgehead atoms. The van der Waals surface area contributed by atoms with Crippen LogP contribution in [0.15, 0.2) is 43.2 Å². The summed E-state index contributed by atoms with van der Waals surface area (Å²) in [6, 6.07) is 4.53. The van der Waals surface area contributed by atoms with Gasteiger partial charge >= 0.3 is 0 Å². The smallest absolute Gasteiger partial charge is 0.204 e. The van der Waals surface area contributed by atoms with Gasteiger partial charge in [-0.25, -0.2) is 4.98 Å². The molecule has 2 aromatic heterocycles. The first-order valence-corrected chi connectivity index (χ1v) is 9.30. The summed E-state index contributed by atoms with van der Waals surface area (Å²) in [6.07, 6.45) is 13.0. The third-order valence-corrected chi connectivity index (χ3v) is 5.32.